The fourth-order valence-electron chi connectivity index (χ4n) is 1.70. The minimum absolute atomic E-state index is 0.218. The lowest BCUT2D eigenvalue weighted by Crippen LogP contribution is -2.40. The number of ether oxygens (including phenoxy) is 4. The second kappa shape index (κ2) is 9.06. The molecule has 1 aromatic carbocycles. The van der Waals surface area contributed by atoms with Gasteiger partial charge >= 0.3 is 0 Å². The molecule has 0 aliphatic heterocycles. The van der Waals surface area contributed by atoms with Crippen molar-refractivity contribution in [2.24, 2.45) is 0 Å². The molecule has 0 aliphatic rings. The molecule has 0 unspecified atom stereocenters. The van der Waals surface area contributed by atoms with Gasteiger partial charge in [-0.15, -0.1) is 0 Å². The average molecular weight is 328 g/mol. The minimum Gasteiger partial charge on any atom is -0.493 e. The van der Waals surface area contributed by atoms with Gasteiger partial charge in [-0.25, -0.2) is 0 Å². The van der Waals surface area contributed by atoms with Crippen LogP contribution in [0.4, 0.5) is 0 Å². The predicted octanol–water partition coefficient (Wildman–Crippen LogP) is 0.963. The molecule has 0 aromatic heterocycles. The van der Waals surface area contributed by atoms with E-state index in [0.717, 1.165) is 0 Å². The molecule has 2 N–H and O–H groups in total. The van der Waals surface area contributed by atoms with Crippen LogP contribution in [0.15, 0.2) is 12.1 Å². The maximum atomic E-state index is 12.2. The molecule has 0 heterocycles. The highest BCUT2D eigenvalue weighted by atomic mass is 32.1. The fourth-order valence-corrected chi connectivity index (χ4v) is 1.89. The largest absolute Gasteiger partial charge is 0.493 e. The van der Waals surface area contributed by atoms with E-state index < -0.39 is 0 Å². The van der Waals surface area contributed by atoms with Crippen LogP contribution in [0.5, 0.6) is 17.2 Å². The molecule has 0 saturated carbocycles. The molecular formula is C14H20N2O5S. The average Bonchev–Trinajstić information content (AvgIpc) is 2.53. The van der Waals surface area contributed by atoms with Gasteiger partial charge in [0.25, 0.3) is 5.91 Å². The summed E-state index contributed by atoms with van der Waals surface area (Å²) in [6.45, 7) is 0.991. The molecule has 1 rings (SSSR count). The SMILES string of the molecule is COCCNC(=S)NC(=O)c1cc(OC)c(OC)c(OC)c1. The van der Waals surface area contributed by atoms with Gasteiger partial charge < -0.3 is 24.3 Å². The van der Waals surface area contributed by atoms with Crippen molar-refractivity contribution < 1.29 is 23.7 Å². The zero-order valence-electron chi connectivity index (χ0n) is 13.0. The van der Waals surface area contributed by atoms with Crippen LogP contribution in [-0.4, -0.2) is 52.6 Å². The van der Waals surface area contributed by atoms with E-state index in [-0.39, 0.29) is 11.0 Å². The van der Waals surface area contributed by atoms with E-state index in [1.165, 1.54) is 21.3 Å². The van der Waals surface area contributed by atoms with Gasteiger partial charge in [0.2, 0.25) is 5.75 Å². The summed E-state index contributed by atoms with van der Waals surface area (Å²) in [5.74, 6) is 0.826. The summed E-state index contributed by atoms with van der Waals surface area (Å²) >= 11 is 5.03. The van der Waals surface area contributed by atoms with Crippen molar-refractivity contribution in [3.05, 3.63) is 17.7 Å². The van der Waals surface area contributed by atoms with Crippen molar-refractivity contribution in [2.45, 2.75) is 0 Å². The fraction of sp³-hybridized carbons (Fsp3) is 0.429. The van der Waals surface area contributed by atoms with Crippen LogP contribution in [-0.2, 0) is 4.74 Å². The van der Waals surface area contributed by atoms with Crippen molar-refractivity contribution in [3.63, 3.8) is 0 Å². The van der Waals surface area contributed by atoms with Crippen LogP contribution < -0.4 is 24.8 Å². The predicted molar refractivity (Wildman–Crippen MR) is 86.0 cm³/mol. The van der Waals surface area contributed by atoms with E-state index in [9.17, 15) is 4.79 Å². The van der Waals surface area contributed by atoms with E-state index >= 15 is 0 Å². The number of carbonyl (C=O) groups is 1. The Balaban J connectivity index is 2.87. The molecule has 7 nitrogen and oxygen atoms in total. The monoisotopic (exact) mass is 328 g/mol. The smallest absolute Gasteiger partial charge is 0.257 e. The molecule has 1 amide bonds. The molecule has 0 spiro atoms. The van der Waals surface area contributed by atoms with Crippen LogP contribution in [0.2, 0.25) is 0 Å². The molecule has 0 saturated heterocycles. The van der Waals surface area contributed by atoms with Crippen molar-refractivity contribution in [3.8, 4) is 17.2 Å². The van der Waals surface area contributed by atoms with Gasteiger partial charge in [-0.3, -0.25) is 10.1 Å². The number of carbonyl (C=O) groups excluding carboxylic acids is 1. The summed E-state index contributed by atoms with van der Waals surface area (Å²) in [7, 11) is 6.04. The third-order valence-corrected chi connectivity index (χ3v) is 2.99. The summed E-state index contributed by atoms with van der Waals surface area (Å²) in [5, 5.41) is 5.64. The van der Waals surface area contributed by atoms with Gasteiger partial charge in [0.05, 0.1) is 27.9 Å². The maximum Gasteiger partial charge on any atom is 0.257 e. The van der Waals surface area contributed by atoms with Crippen LogP contribution in [0.1, 0.15) is 10.4 Å². The zero-order valence-corrected chi connectivity index (χ0v) is 13.8. The number of methoxy groups -OCH3 is 4. The second-order valence-corrected chi connectivity index (χ2v) is 4.53. The first-order chi connectivity index (χ1) is 10.6. The highest BCUT2D eigenvalue weighted by Crippen LogP contribution is 2.38. The topological polar surface area (TPSA) is 78.1 Å². The molecule has 0 aliphatic carbocycles. The van der Waals surface area contributed by atoms with Crippen LogP contribution >= 0.6 is 12.2 Å². The summed E-state index contributed by atoms with van der Waals surface area (Å²) in [6, 6.07) is 3.10. The molecule has 0 fully saturated rings. The number of hydrogen-bond donors (Lipinski definition) is 2. The van der Waals surface area contributed by atoms with Gasteiger partial charge in [0.1, 0.15) is 0 Å². The third kappa shape index (κ3) is 4.74. The van der Waals surface area contributed by atoms with Gasteiger partial charge in [0.15, 0.2) is 16.6 Å². The number of nitrogens with one attached hydrogen (secondary N) is 2. The highest BCUT2D eigenvalue weighted by molar-refractivity contribution is 7.80. The lowest BCUT2D eigenvalue weighted by molar-refractivity contribution is 0.0975. The Labute approximate surface area is 134 Å². The lowest BCUT2D eigenvalue weighted by Gasteiger charge is -2.14. The first-order valence-corrected chi connectivity index (χ1v) is 6.86. The van der Waals surface area contributed by atoms with Gasteiger partial charge in [-0.1, -0.05) is 0 Å². The Morgan fingerprint density at radius 2 is 1.68 bits per heavy atom. The Bertz CT molecular complexity index is 511. The van der Waals surface area contributed by atoms with Crippen molar-refractivity contribution in [2.75, 3.05) is 41.6 Å². The molecule has 8 heteroatoms. The van der Waals surface area contributed by atoms with E-state index in [4.69, 9.17) is 31.2 Å². The number of benzene rings is 1. The van der Waals surface area contributed by atoms with Gasteiger partial charge in [0, 0.05) is 19.2 Å². The number of rotatable bonds is 7. The molecule has 0 bridgehead atoms. The molecule has 1 aromatic rings. The van der Waals surface area contributed by atoms with E-state index in [2.05, 4.69) is 10.6 Å². The first-order valence-electron chi connectivity index (χ1n) is 6.45. The second-order valence-electron chi connectivity index (χ2n) is 4.12. The van der Waals surface area contributed by atoms with Crippen LogP contribution in [0.3, 0.4) is 0 Å². The standard InChI is InChI=1S/C14H20N2O5S/c1-18-6-5-15-14(22)16-13(17)9-7-10(19-2)12(21-4)11(8-9)20-3/h7-8H,5-6H2,1-4H3,(H2,15,16,17,22). The first kappa shape index (κ1) is 18.0. The Morgan fingerprint density at radius 3 is 2.14 bits per heavy atom. The summed E-state index contributed by atoms with van der Waals surface area (Å²) in [4.78, 5) is 12.2. The van der Waals surface area contributed by atoms with Crippen molar-refractivity contribution >= 4 is 23.2 Å². The Hall–Kier alpha value is -2.06. The normalized spacial score (nSPS) is 9.82. The molecule has 122 valence electrons. The molecule has 22 heavy (non-hydrogen) atoms. The number of amides is 1. The molecular weight excluding hydrogens is 308 g/mol. The summed E-state index contributed by atoms with van der Waals surface area (Å²) in [5.41, 5.74) is 0.338. The third-order valence-electron chi connectivity index (χ3n) is 2.75. The molecule has 0 atom stereocenters. The summed E-state index contributed by atoms with van der Waals surface area (Å²) in [6.07, 6.45) is 0. The van der Waals surface area contributed by atoms with Crippen LogP contribution in [0.25, 0.3) is 0 Å². The quantitative estimate of drug-likeness (QED) is 0.570. The van der Waals surface area contributed by atoms with Gasteiger partial charge in [-0.2, -0.15) is 0 Å². The van der Waals surface area contributed by atoms with Crippen molar-refractivity contribution in [1.82, 2.24) is 10.6 Å². The summed E-state index contributed by atoms with van der Waals surface area (Å²) < 4.78 is 20.5. The maximum absolute atomic E-state index is 12.2. The minimum atomic E-state index is -0.380. The highest BCUT2D eigenvalue weighted by Gasteiger charge is 2.17. The van der Waals surface area contributed by atoms with E-state index in [0.29, 0.717) is 36.0 Å². The number of thiocarbonyl (C=S) groups is 1. The van der Waals surface area contributed by atoms with Crippen LogP contribution in [0, 0.1) is 0 Å². The lowest BCUT2D eigenvalue weighted by atomic mass is 10.1. The molecule has 0 radical (unpaired) electrons. The number of hydrogen-bond acceptors (Lipinski definition) is 6. The zero-order chi connectivity index (χ0) is 16.5. The van der Waals surface area contributed by atoms with E-state index in [1.54, 1.807) is 19.2 Å². The van der Waals surface area contributed by atoms with Crippen molar-refractivity contribution in [1.29, 1.82) is 0 Å². The Kier molecular flexibility index (Phi) is 7.41. The van der Waals surface area contributed by atoms with E-state index in [1.807, 2.05) is 0 Å². The van der Waals surface area contributed by atoms with Gasteiger partial charge in [-0.05, 0) is 24.4 Å². The Morgan fingerprint density at radius 1 is 1.09 bits per heavy atom.